The number of anilines is 1. The van der Waals surface area contributed by atoms with Crippen LogP contribution in [0.25, 0.3) is 11.0 Å². The lowest BCUT2D eigenvalue weighted by Gasteiger charge is -2.32. The second kappa shape index (κ2) is 12.6. The number of nitrogens with one attached hydrogen (secondary N) is 1. The van der Waals surface area contributed by atoms with E-state index in [1.807, 2.05) is 75.0 Å². The summed E-state index contributed by atoms with van der Waals surface area (Å²) in [5.41, 5.74) is 3.37. The molecule has 1 aliphatic rings. The molecule has 8 nitrogen and oxygen atoms in total. The third-order valence-corrected chi connectivity index (χ3v) is 8.11. The van der Waals surface area contributed by atoms with Gasteiger partial charge in [-0.3, -0.25) is 9.36 Å². The number of piperidine rings is 1. The van der Waals surface area contributed by atoms with Crippen LogP contribution in [-0.4, -0.2) is 56.5 Å². The Hall–Kier alpha value is -3.82. The number of nitrogens with zero attached hydrogens (tertiary/aromatic N) is 5. The van der Waals surface area contributed by atoms with E-state index in [0.717, 1.165) is 35.3 Å². The average molecular weight is 575 g/mol. The molecule has 1 N–H and O–H groups in total. The van der Waals surface area contributed by atoms with Gasteiger partial charge in [-0.05, 0) is 42.7 Å². The molecule has 206 valence electrons. The maximum absolute atomic E-state index is 13.2. The molecule has 1 saturated heterocycles. The van der Waals surface area contributed by atoms with Gasteiger partial charge >= 0.3 is 5.69 Å². The number of benzene rings is 2. The van der Waals surface area contributed by atoms with Crippen molar-refractivity contribution in [3.63, 3.8) is 0 Å². The summed E-state index contributed by atoms with van der Waals surface area (Å²) in [5.74, 6) is 1.37. The number of halogens is 1. The first-order valence-corrected chi connectivity index (χ1v) is 14.5. The molecule has 1 amide bonds. The third-order valence-electron chi connectivity index (χ3n) is 6.99. The topological polar surface area (TPSA) is 87.1 Å². The quantitative estimate of drug-likeness (QED) is 0.113. The summed E-state index contributed by atoms with van der Waals surface area (Å²) in [5, 5.41) is 0.961. The summed E-state index contributed by atoms with van der Waals surface area (Å²) in [4.78, 5) is 41.6. The molecule has 2 aromatic carbocycles. The highest BCUT2D eigenvalue weighted by atomic mass is 35.5. The van der Waals surface area contributed by atoms with E-state index in [-0.39, 0.29) is 17.6 Å². The Labute approximate surface area is 242 Å². The van der Waals surface area contributed by atoms with Crippen LogP contribution in [0.4, 0.5) is 5.82 Å². The van der Waals surface area contributed by atoms with Crippen molar-refractivity contribution in [3.8, 4) is 0 Å². The molecule has 10 heteroatoms. The van der Waals surface area contributed by atoms with Crippen LogP contribution in [0.15, 0.2) is 89.9 Å². The van der Waals surface area contributed by atoms with Crippen molar-refractivity contribution in [2.75, 3.05) is 31.1 Å². The summed E-state index contributed by atoms with van der Waals surface area (Å²) < 4.78 is 1.84. The Morgan fingerprint density at radius 1 is 1.07 bits per heavy atom. The molecular weight excluding hydrogens is 544 g/mol. The molecule has 0 aliphatic carbocycles. The maximum atomic E-state index is 13.2. The zero-order chi connectivity index (χ0) is 28.1. The zero-order valence-corrected chi connectivity index (χ0v) is 23.7. The van der Waals surface area contributed by atoms with Crippen LogP contribution in [0.5, 0.6) is 0 Å². The fraction of sp³-hybridized carbons (Fsp3) is 0.267. The lowest BCUT2D eigenvalue weighted by atomic mass is 10.0. The molecule has 5 rings (SSSR count). The van der Waals surface area contributed by atoms with Crippen LogP contribution in [0, 0.1) is 0 Å². The number of thioether (sulfide) groups is 1. The van der Waals surface area contributed by atoms with Crippen molar-refractivity contribution in [3.05, 3.63) is 107 Å². The van der Waals surface area contributed by atoms with E-state index in [0.29, 0.717) is 47.8 Å². The number of H-pyrrole nitrogens is 1. The highest BCUT2D eigenvalue weighted by Crippen LogP contribution is 2.27. The number of rotatable bonds is 10. The molecule has 1 fully saturated rings. The minimum atomic E-state index is -0.0929. The standard InChI is InChI=1S/C30H31ClN6O2S/c1-3-15-35(16-4-2)27-19-26(31)33-29(34-27)40-20-21-9-11-22(12-10-21)28(38)36-17-13-23(14-18-36)37-25-8-6-5-7-24(25)32-30(37)39/h3-12,19,23H,1-2,13-18,20H2,(H,32,39). The molecule has 0 saturated carbocycles. The number of para-hydroxylation sites is 2. The Morgan fingerprint density at radius 2 is 1.77 bits per heavy atom. The monoisotopic (exact) mass is 574 g/mol. The SMILES string of the molecule is C=CCN(CC=C)c1cc(Cl)nc(SCc2ccc(C(=O)N3CCC(n4c(=O)[nH]c5ccccc54)CC3)cc2)n1. The van der Waals surface area contributed by atoms with E-state index in [9.17, 15) is 9.59 Å². The smallest absolute Gasteiger partial charge is 0.326 e. The van der Waals surface area contributed by atoms with Crippen molar-refractivity contribution in [1.29, 1.82) is 0 Å². The predicted molar refractivity (Wildman–Crippen MR) is 162 cm³/mol. The molecule has 2 aromatic heterocycles. The summed E-state index contributed by atoms with van der Waals surface area (Å²) in [6.07, 6.45) is 5.09. The lowest BCUT2D eigenvalue weighted by Crippen LogP contribution is -2.40. The van der Waals surface area contributed by atoms with E-state index in [2.05, 4.69) is 28.1 Å². The van der Waals surface area contributed by atoms with E-state index < -0.39 is 0 Å². The third kappa shape index (κ3) is 6.16. The van der Waals surface area contributed by atoms with Gasteiger partial charge in [0.25, 0.3) is 5.91 Å². The number of aromatic amines is 1. The first-order chi connectivity index (χ1) is 19.5. The summed E-state index contributed by atoms with van der Waals surface area (Å²) in [6, 6.07) is 17.2. The van der Waals surface area contributed by atoms with Crippen LogP contribution in [-0.2, 0) is 5.75 Å². The van der Waals surface area contributed by atoms with Crippen LogP contribution in [0.1, 0.15) is 34.8 Å². The Morgan fingerprint density at radius 3 is 2.48 bits per heavy atom. The van der Waals surface area contributed by atoms with Gasteiger partial charge in [-0.1, -0.05) is 59.8 Å². The van der Waals surface area contributed by atoms with E-state index in [1.165, 1.54) is 11.8 Å². The number of hydrogen-bond acceptors (Lipinski definition) is 6. The second-order valence-corrected chi connectivity index (χ2v) is 11.0. The van der Waals surface area contributed by atoms with Crippen LogP contribution < -0.4 is 10.6 Å². The molecule has 0 bridgehead atoms. The number of amides is 1. The van der Waals surface area contributed by atoms with Gasteiger partial charge in [0.05, 0.1) is 11.0 Å². The van der Waals surface area contributed by atoms with Gasteiger partial charge < -0.3 is 14.8 Å². The van der Waals surface area contributed by atoms with Gasteiger partial charge in [-0.25, -0.2) is 14.8 Å². The van der Waals surface area contributed by atoms with Gasteiger partial charge in [0, 0.05) is 49.6 Å². The molecule has 0 spiro atoms. The molecule has 4 aromatic rings. The highest BCUT2D eigenvalue weighted by molar-refractivity contribution is 7.98. The van der Waals surface area contributed by atoms with Crippen molar-refractivity contribution in [1.82, 2.24) is 24.4 Å². The first kappa shape index (κ1) is 27.7. The van der Waals surface area contributed by atoms with Gasteiger partial charge in [0.15, 0.2) is 5.16 Å². The van der Waals surface area contributed by atoms with Crippen molar-refractivity contribution >= 4 is 46.1 Å². The number of carbonyl (C=O) groups excluding carboxylic acids is 1. The predicted octanol–water partition coefficient (Wildman–Crippen LogP) is 5.72. The van der Waals surface area contributed by atoms with Crippen LogP contribution in [0.3, 0.4) is 0 Å². The molecule has 0 unspecified atom stereocenters. The van der Waals surface area contributed by atoms with Crippen molar-refractivity contribution in [2.45, 2.75) is 29.8 Å². The first-order valence-electron chi connectivity index (χ1n) is 13.2. The molecular formula is C30H31ClN6O2S. The van der Waals surface area contributed by atoms with E-state index in [4.69, 9.17) is 11.6 Å². The summed E-state index contributed by atoms with van der Waals surface area (Å²) in [7, 11) is 0. The average Bonchev–Trinajstić information content (AvgIpc) is 3.31. The largest absolute Gasteiger partial charge is 0.349 e. The van der Waals surface area contributed by atoms with Crippen LogP contribution >= 0.6 is 23.4 Å². The summed E-state index contributed by atoms with van der Waals surface area (Å²) in [6.45, 7) is 10.1. The fourth-order valence-electron chi connectivity index (χ4n) is 5.02. The normalized spacial score (nSPS) is 13.9. The zero-order valence-electron chi connectivity index (χ0n) is 22.1. The van der Waals surface area contributed by atoms with Crippen LogP contribution in [0.2, 0.25) is 5.15 Å². The maximum Gasteiger partial charge on any atom is 0.326 e. The van der Waals surface area contributed by atoms with Gasteiger partial charge in [0.1, 0.15) is 11.0 Å². The number of likely N-dealkylation sites (tertiary alicyclic amines) is 1. The highest BCUT2D eigenvalue weighted by Gasteiger charge is 2.26. The van der Waals surface area contributed by atoms with E-state index in [1.54, 1.807) is 6.07 Å². The van der Waals surface area contributed by atoms with Gasteiger partial charge in [-0.15, -0.1) is 13.2 Å². The Balaban J connectivity index is 1.18. The lowest BCUT2D eigenvalue weighted by molar-refractivity contribution is 0.0695. The number of carbonyl (C=O) groups is 1. The Kier molecular flexibility index (Phi) is 8.72. The number of aromatic nitrogens is 4. The summed E-state index contributed by atoms with van der Waals surface area (Å²) >= 11 is 7.76. The van der Waals surface area contributed by atoms with Gasteiger partial charge in [-0.2, -0.15) is 0 Å². The molecule has 0 radical (unpaired) electrons. The van der Waals surface area contributed by atoms with Gasteiger partial charge in [0.2, 0.25) is 0 Å². The van der Waals surface area contributed by atoms with E-state index >= 15 is 0 Å². The Bertz CT molecular complexity index is 1560. The fourth-order valence-corrected chi connectivity index (χ4v) is 6.06. The van der Waals surface area contributed by atoms with Crippen molar-refractivity contribution in [2.24, 2.45) is 0 Å². The number of imidazole rings is 1. The number of hydrogen-bond donors (Lipinski definition) is 1. The molecule has 3 heterocycles. The molecule has 0 atom stereocenters. The second-order valence-electron chi connectivity index (χ2n) is 9.64. The minimum absolute atomic E-state index is 0.0104. The molecule has 40 heavy (non-hydrogen) atoms. The minimum Gasteiger partial charge on any atom is -0.349 e. The number of fused-ring (bicyclic) bond motifs is 1. The van der Waals surface area contributed by atoms with Crippen molar-refractivity contribution < 1.29 is 4.79 Å². The molecule has 1 aliphatic heterocycles.